The highest BCUT2D eigenvalue weighted by molar-refractivity contribution is 5.88. The Balaban J connectivity index is 1.53. The number of fused-ring (bicyclic) bond motifs is 1. The molecule has 3 N–H and O–H groups in total. The van der Waals surface area contributed by atoms with Crippen molar-refractivity contribution in [2.75, 3.05) is 17.2 Å². The first-order valence-corrected chi connectivity index (χ1v) is 8.05. The molecule has 0 saturated carbocycles. The molecule has 3 heterocycles. The molecule has 7 nitrogen and oxygen atoms in total. The van der Waals surface area contributed by atoms with E-state index >= 15 is 0 Å². The third-order valence-corrected chi connectivity index (χ3v) is 3.79. The number of nitrogens with one attached hydrogen (secondary N) is 3. The zero-order valence-electron chi connectivity index (χ0n) is 13.3. The molecule has 2 aromatic rings. The van der Waals surface area contributed by atoms with Crippen LogP contribution in [0.1, 0.15) is 31.0 Å². The Morgan fingerprint density at radius 1 is 1.30 bits per heavy atom. The second-order valence-electron chi connectivity index (χ2n) is 5.59. The Kier molecular flexibility index (Phi) is 4.75. The van der Waals surface area contributed by atoms with E-state index in [9.17, 15) is 4.79 Å². The van der Waals surface area contributed by atoms with Gasteiger partial charge in [-0.1, -0.05) is 0 Å². The lowest BCUT2D eigenvalue weighted by molar-refractivity contribution is 0.251. The minimum absolute atomic E-state index is 0.248. The predicted octanol–water partition coefficient (Wildman–Crippen LogP) is 2.37. The number of carbonyl (C=O) groups is 1. The number of urea groups is 1. The van der Waals surface area contributed by atoms with Crippen LogP contribution < -0.4 is 16.0 Å². The molecule has 0 aromatic carbocycles. The van der Waals surface area contributed by atoms with Gasteiger partial charge in [-0.05, 0) is 43.9 Å². The van der Waals surface area contributed by atoms with Crippen LogP contribution in [0.15, 0.2) is 24.4 Å². The van der Waals surface area contributed by atoms with E-state index in [1.165, 1.54) is 12.1 Å². The van der Waals surface area contributed by atoms with E-state index in [0.717, 1.165) is 37.3 Å². The Morgan fingerprint density at radius 2 is 2.22 bits per heavy atom. The normalized spacial score (nSPS) is 13.3. The molecule has 3 rings (SSSR count). The summed E-state index contributed by atoms with van der Waals surface area (Å²) >= 11 is 0. The SMILES string of the molecule is CCNc1cc(CNC(=O)Nc2cc3n(n2)CCCC3)ccn1. The van der Waals surface area contributed by atoms with Crippen molar-refractivity contribution in [3.8, 4) is 0 Å². The van der Waals surface area contributed by atoms with E-state index in [2.05, 4.69) is 26.0 Å². The lowest BCUT2D eigenvalue weighted by atomic mass is 10.1. The summed E-state index contributed by atoms with van der Waals surface area (Å²) in [7, 11) is 0. The largest absolute Gasteiger partial charge is 0.370 e. The van der Waals surface area contributed by atoms with Gasteiger partial charge in [-0.2, -0.15) is 5.10 Å². The van der Waals surface area contributed by atoms with Gasteiger partial charge in [-0.25, -0.2) is 9.78 Å². The fourth-order valence-corrected chi connectivity index (χ4v) is 2.68. The molecule has 1 aliphatic heterocycles. The highest BCUT2D eigenvalue weighted by atomic mass is 16.2. The van der Waals surface area contributed by atoms with Crippen molar-refractivity contribution < 1.29 is 4.79 Å². The van der Waals surface area contributed by atoms with E-state index in [4.69, 9.17) is 0 Å². The summed E-state index contributed by atoms with van der Waals surface area (Å²) in [5.74, 6) is 1.43. The molecule has 2 amide bonds. The number of pyridine rings is 1. The van der Waals surface area contributed by atoms with Crippen molar-refractivity contribution in [3.05, 3.63) is 35.7 Å². The molecule has 2 aromatic heterocycles. The molecule has 0 bridgehead atoms. The van der Waals surface area contributed by atoms with Crippen LogP contribution >= 0.6 is 0 Å². The molecule has 0 spiro atoms. The number of hydrogen-bond donors (Lipinski definition) is 3. The van der Waals surface area contributed by atoms with Crippen molar-refractivity contribution in [2.45, 2.75) is 39.3 Å². The summed E-state index contributed by atoms with van der Waals surface area (Å²) in [5, 5.41) is 13.2. The number of amides is 2. The Morgan fingerprint density at radius 3 is 3.04 bits per heavy atom. The lowest BCUT2D eigenvalue weighted by Crippen LogP contribution is -2.28. The van der Waals surface area contributed by atoms with Crippen molar-refractivity contribution in [1.29, 1.82) is 0 Å². The van der Waals surface area contributed by atoms with E-state index < -0.39 is 0 Å². The first-order valence-electron chi connectivity index (χ1n) is 8.05. The molecule has 0 radical (unpaired) electrons. The van der Waals surface area contributed by atoms with Crippen LogP contribution in [-0.2, 0) is 19.5 Å². The summed E-state index contributed by atoms with van der Waals surface area (Å²) in [6, 6.07) is 5.52. The minimum atomic E-state index is -0.248. The summed E-state index contributed by atoms with van der Waals surface area (Å²) in [5.41, 5.74) is 2.19. The third-order valence-electron chi connectivity index (χ3n) is 3.79. The first-order chi connectivity index (χ1) is 11.2. The van der Waals surface area contributed by atoms with Gasteiger partial charge in [-0.15, -0.1) is 0 Å². The summed E-state index contributed by atoms with van der Waals surface area (Å²) < 4.78 is 1.98. The van der Waals surface area contributed by atoms with Crippen LogP contribution in [0, 0.1) is 0 Å². The highest BCUT2D eigenvalue weighted by Crippen LogP contribution is 2.17. The number of aryl methyl sites for hydroxylation is 2. The maximum absolute atomic E-state index is 12.0. The average molecular weight is 314 g/mol. The molecular formula is C16H22N6O. The fourth-order valence-electron chi connectivity index (χ4n) is 2.68. The molecular weight excluding hydrogens is 292 g/mol. The summed E-state index contributed by atoms with van der Waals surface area (Å²) in [6.07, 6.45) is 5.10. The Labute approximate surface area is 135 Å². The van der Waals surface area contributed by atoms with Crippen LogP contribution in [0.2, 0.25) is 0 Å². The van der Waals surface area contributed by atoms with Gasteiger partial charge in [0.15, 0.2) is 5.82 Å². The number of rotatable bonds is 5. The monoisotopic (exact) mass is 314 g/mol. The molecule has 122 valence electrons. The van der Waals surface area contributed by atoms with Crippen LogP contribution in [0.4, 0.5) is 16.4 Å². The van der Waals surface area contributed by atoms with Crippen LogP contribution in [-0.4, -0.2) is 27.3 Å². The highest BCUT2D eigenvalue weighted by Gasteiger charge is 2.13. The van der Waals surface area contributed by atoms with Gasteiger partial charge in [0, 0.05) is 37.6 Å². The van der Waals surface area contributed by atoms with Gasteiger partial charge in [0.25, 0.3) is 0 Å². The van der Waals surface area contributed by atoms with Crippen LogP contribution in [0.3, 0.4) is 0 Å². The second-order valence-corrected chi connectivity index (χ2v) is 5.59. The van der Waals surface area contributed by atoms with Gasteiger partial charge in [0.1, 0.15) is 5.82 Å². The van der Waals surface area contributed by atoms with Gasteiger partial charge in [0.2, 0.25) is 0 Å². The van der Waals surface area contributed by atoms with Gasteiger partial charge in [-0.3, -0.25) is 10.00 Å². The smallest absolute Gasteiger partial charge is 0.320 e. The summed E-state index contributed by atoms with van der Waals surface area (Å²) in [4.78, 5) is 16.2. The van der Waals surface area contributed by atoms with E-state index in [1.807, 2.05) is 29.8 Å². The van der Waals surface area contributed by atoms with Crippen molar-refractivity contribution in [1.82, 2.24) is 20.1 Å². The average Bonchev–Trinajstić information content (AvgIpc) is 2.96. The fraction of sp³-hybridized carbons (Fsp3) is 0.438. The number of hydrogen-bond acceptors (Lipinski definition) is 4. The van der Waals surface area contributed by atoms with Crippen LogP contribution in [0.25, 0.3) is 0 Å². The topological polar surface area (TPSA) is 83.9 Å². The van der Waals surface area contributed by atoms with Crippen LogP contribution in [0.5, 0.6) is 0 Å². The van der Waals surface area contributed by atoms with Gasteiger partial charge >= 0.3 is 6.03 Å². The second kappa shape index (κ2) is 7.13. The number of nitrogens with zero attached hydrogens (tertiary/aromatic N) is 3. The summed E-state index contributed by atoms with van der Waals surface area (Å²) in [6.45, 7) is 4.21. The quantitative estimate of drug-likeness (QED) is 0.791. The maximum Gasteiger partial charge on any atom is 0.320 e. The molecule has 0 fully saturated rings. The number of carbonyl (C=O) groups excluding carboxylic acids is 1. The molecule has 0 atom stereocenters. The maximum atomic E-state index is 12.0. The molecule has 7 heteroatoms. The number of aromatic nitrogens is 3. The minimum Gasteiger partial charge on any atom is -0.370 e. The molecule has 0 aliphatic carbocycles. The molecule has 23 heavy (non-hydrogen) atoms. The van der Waals surface area contributed by atoms with E-state index in [1.54, 1.807) is 6.20 Å². The number of anilines is 2. The van der Waals surface area contributed by atoms with Crippen molar-refractivity contribution >= 4 is 17.7 Å². The standard InChI is InChI=1S/C16H22N6O/c1-2-17-14-9-12(6-7-18-14)11-19-16(23)20-15-10-13-5-3-4-8-22(13)21-15/h6-7,9-10H,2-5,8,11H2,1H3,(H,17,18)(H2,19,20,21,23). The zero-order valence-corrected chi connectivity index (χ0v) is 13.3. The zero-order chi connectivity index (χ0) is 16.1. The van der Waals surface area contributed by atoms with E-state index in [-0.39, 0.29) is 6.03 Å². The Bertz CT molecular complexity index is 657. The van der Waals surface area contributed by atoms with Crippen molar-refractivity contribution in [2.24, 2.45) is 0 Å². The predicted molar refractivity (Wildman–Crippen MR) is 89.4 cm³/mol. The molecule has 0 saturated heterocycles. The first kappa shape index (κ1) is 15.3. The molecule has 1 aliphatic rings. The third kappa shape index (κ3) is 4.00. The van der Waals surface area contributed by atoms with Crippen molar-refractivity contribution in [3.63, 3.8) is 0 Å². The molecule has 0 unspecified atom stereocenters. The lowest BCUT2D eigenvalue weighted by Gasteiger charge is -2.11. The van der Waals surface area contributed by atoms with Gasteiger partial charge < -0.3 is 10.6 Å². The van der Waals surface area contributed by atoms with Gasteiger partial charge in [0.05, 0.1) is 0 Å². The Hall–Kier alpha value is -2.57. The van der Waals surface area contributed by atoms with E-state index in [0.29, 0.717) is 12.4 Å².